The van der Waals surface area contributed by atoms with Crippen LogP contribution < -0.4 is 4.90 Å². The smallest absolute Gasteiger partial charge is 0.145 e. The van der Waals surface area contributed by atoms with Crippen LogP contribution in [0.3, 0.4) is 0 Å². The summed E-state index contributed by atoms with van der Waals surface area (Å²) in [5.74, 6) is 0. The summed E-state index contributed by atoms with van der Waals surface area (Å²) in [5.41, 5.74) is 16.4. The summed E-state index contributed by atoms with van der Waals surface area (Å²) in [5, 5.41) is 4.67. The Morgan fingerprint density at radius 2 is 0.794 bits per heavy atom. The average molecular weight is 822 g/mol. The van der Waals surface area contributed by atoms with Gasteiger partial charge in [0.15, 0.2) is 0 Å². The molecule has 0 atom stereocenters. The molecule has 0 fully saturated rings. The van der Waals surface area contributed by atoms with E-state index in [1.54, 1.807) is 0 Å². The van der Waals surface area contributed by atoms with E-state index in [9.17, 15) is 0 Å². The molecule has 12 rings (SSSR count). The SMILES string of the molecule is c1ccc(-c2cc(-c3ccccc3)cc(N(c3ccc4c(c3)sc3cc(-c5ccccc5)ccc34)c3ccc(-c4ccccc4)c4oc5cc(-c6ccccc6)ccc5c34)c2)cc1. The Kier molecular flexibility index (Phi) is 9.06. The molecule has 0 aliphatic rings. The van der Waals surface area contributed by atoms with E-state index < -0.39 is 0 Å². The molecule has 0 spiro atoms. The predicted molar refractivity (Wildman–Crippen MR) is 268 cm³/mol. The van der Waals surface area contributed by atoms with Crippen molar-refractivity contribution in [1.29, 1.82) is 0 Å². The van der Waals surface area contributed by atoms with Gasteiger partial charge < -0.3 is 9.32 Å². The lowest BCUT2D eigenvalue weighted by Crippen LogP contribution is -2.11. The molecule has 12 aromatic rings. The van der Waals surface area contributed by atoms with Gasteiger partial charge in [-0.25, -0.2) is 0 Å². The second-order valence-corrected chi connectivity index (χ2v) is 17.2. The fourth-order valence-corrected chi connectivity index (χ4v) is 10.4. The quantitative estimate of drug-likeness (QED) is 0.152. The second-order valence-electron chi connectivity index (χ2n) is 16.1. The number of nitrogens with zero attached hydrogens (tertiary/aromatic N) is 1. The lowest BCUT2D eigenvalue weighted by Gasteiger charge is -2.28. The second kappa shape index (κ2) is 15.5. The van der Waals surface area contributed by atoms with Crippen LogP contribution in [-0.4, -0.2) is 0 Å². The Labute approximate surface area is 370 Å². The first-order valence-corrected chi connectivity index (χ1v) is 22.2. The Morgan fingerprint density at radius 3 is 1.37 bits per heavy atom. The largest absolute Gasteiger partial charge is 0.455 e. The van der Waals surface area contributed by atoms with Crippen molar-refractivity contribution >= 4 is 70.5 Å². The summed E-state index contributed by atoms with van der Waals surface area (Å²) in [4.78, 5) is 2.45. The molecule has 2 aromatic heterocycles. The van der Waals surface area contributed by atoms with Crippen LogP contribution in [0.5, 0.6) is 0 Å². The van der Waals surface area contributed by atoms with Crippen molar-refractivity contribution in [2.24, 2.45) is 0 Å². The fraction of sp³-hybridized carbons (Fsp3) is 0. The molecule has 63 heavy (non-hydrogen) atoms. The van der Waals surface area contributed by atoms with Crippen LogP contribution in [0.1, 0.15) is 0 Å². The van der Waals surface area contributed by atoms with E-state index in [1.807, 2.05) is 11.3 Å². The topological polar surface area (TPSA) is 16.4 Å². The summed E-state index contributed by atoms with van der Waals surface area (Å²) in [7, 11) is 0. The summed E-state index contributed by atoms with van der Waals surface area (Å²) < 4.78 is 9.60. The van der Waals surface area contributed by atoms with Crippen molar-refractivity contribution in [1.82, 2.24) is 0 Å². The van der Waals surface area contributed by atoms with E-state index in [2.05, 4.69) is 241 Å². The molecule has 0 amide bonds. The molecule has 2 nitrogen and oxygen atoms in total. The Morgan fingerprint density at radius 1 is 0.317 bits per heavy atom. The number of hydrogen-bond acceptors (Lipinski definition) is 3. The van der Waals surface area contributed by atoms with E-state index in [0.29, 0.717) is 0 Å². The highest BCUT2D eigenvalue weighted by Crippen LogP contribution is 2.49. The normalized spacial score (nSPS) is 11.5. The zero-order valence-corrected chi connectivity index (χ0v) is 35.1. The van der Waals surface area contributed by atoms with E-state index in [-0.39, 0.29) is 0 Å². The Bertz CT molecular complexity index is 3540. The zero-order chi connectivity index (χ0) is 41.7. The van der Waals surface area contributed by atoms with Gasteiger partial charge >= 0.3 is 0 Å². The molecule has 0 bridgehead atoms. The Hall–Kier alpha value is -7.98. The van der Waals surface area contributed by atoms with Gasteiger partial charge in [-0.05, 0) is 111 Å². The van der Waals surface area contributed by atoms with Crippen LogP contribution in [0.15, 0.2) is 241 Å². The molecule has 10 aromatic carbocycles. The van der Waals surface area contributed by atoms with Gasteiger partial charge in [0.25, 0.3) is 0 Å². The maximum Gasteiger partial charge on any atom is 0.145 e. The number of thiophene rings is 1. The summed E-state index contributed by atoms with van der Waals surface area (Å²) in [6, 6.07) is 85.3. The molecular formula is C60H39NOS. The lowest BCUT2D eigenvalue weighted by molar-refractivity contribution is 0.670. The summed E-state index contributed by atoms with van der Waals surface area (Å²) >= 11 is 1.85. The highest BCUT2D eigenvalue weighted by Gasteiger charge is 2.24. The van der Waals surface area contributed by atoms with Gasteiger partial charge in [-0.15, -0.1) is 11.3 Å². The van der Waals surface area contributed by atoms with Crippen LogP contribution >= 0.6 is 11.3 Å². The van der Waals surface area contributed by atoms with Crippen molar-refractivity contribution in [2.75, 3.05) is 4.90 Å². The van der Waals surface area contributed by atoms with Crippen LogP contribution in [0.4, 0.5) is 17.1 Å². The van der Waals surface area contributed by atoms with Crippen LogP contribution in [-0.2, 0) is 0 Å². The van der Waals surface area contributed by atoms with Gasteiger partial charge in [0.05, 0.1) is 11.1 Å². The van der Waals surface area contributed by atoms with Gasteiger partial charge in [-0.2, -0.15) is 0 Å². The van der Waals surface area contributed by atoms with Crippen LogP contribution in [0.25, 0.3) is 97.7 Å². The Balaban J connectivity index is 1.14. The third kappa shape index (κ3) is 6.67. The van der Waals surface area contributed by atoms with Crippen LogP contribution in [0, 0.1) is 0 Å². The minimum absolute atomic E-state index is 0.855. The number of fused-ring (bicyclic) bond motifs is 6. The molecule has 0 unspecified atom stereocenters. The van der Waals surface area contributed by atoms with Crippen LogP contribution in [0.2, 0.25) is 0 Å². The van der Waals surface area contributed by atoms with Gasteiger partial charge in [0, 0.05) is 42.5 Å². The molecule has 0 N–H and O–H groups in total. The molecule has 0 saturated heterocycles. The van der Waals surface area contributed by atoms with E-state index in [4.69, 9.17) is 4.42 Å². The molecule has 0 aliphatic heterocycles. The highest BCUT2D eigenvalue weighted by atomic mass is 32.1. The van der Waals surface area contributed by atoms with Crippen molar-refractivity contribution < 1.29 is 4.42 Å². The minimum atomic E-state index is 0.855. The number of rotatable bonds is 8. The van der Waals surface area contributed by atoms with E-state index in [1.165, 1.54) is 31.3 Å². The first-order valence-electron chi connectivity index (χ1n) is 21.4. The van der Waals surface area contributed by atoms with Gasteiger partial charge in [-0.1, -0.05) is 176 Å². The number of anilines is 3. The standard InChI is InChI=1S/C60H39NOS/c1-6-16-40(17-7-1)45-27-30-54-56(37-45)62-60-51(44-24-14-5-15-25-44)32-33-55(59(54)60)61(50-35-47(42-20-10-3-11-21-42)34-48(36-50)43-22-12-4-13-23-43)49-28-31-53-52-29-26-46(41-18-8-2-9-19-41)38-57(52)63-58(53)39-49/h1-39H. The van der Waals surface area contributed by atoms with E-state index >= 15 is 0 Å². The summed E-state index contributed by atoms with van der Waals surface area (Å²) in [6.45, 7) is 0. The van der Waals surface area contributed by atoms with Gasteiger partial charge in [0.1, 0.15) is 11.2 Å². The van der Waals surface area contributed by atoms with Crippen molar-refractivity contribution in [3.8, 4) is 55.6 Å². The lowest BCUT2D eigenvalue weighted by atomic mass is 9.96. The maximum absolute atomic E-state index is 7.08. The first-order chi connectivity index (χ1) is 31.2. The van der Waals surface area contributed by atoms with E-state index in [0.717, 1.165) is 83.5 Å². The molecular weight excluding hydrogens is 783 g/mol. The molecule has 296 valence electrons. The molecule has 3 heteroatoms. The fourth-order valence-electron chi connectivity index (χ4n) is 9.18. The summed E-state index contributed by atoms with van der Waals surface area (Å²) in [6.07, 6.45) is 0. The van der Waals surface area contributed by atoms with Crippen molar-refractivity contribution in [2.45, 2.75) is 0 Å². The number of hydrogen-bond donors (Lipinski definition) is 0. The molecule has 2 heterocycles. The first kappa shape index (κ1) is 36.8. The maximum atomic E-state index is 7.08. The predicted octanol–water partition coefficient (Wildman–Crippen LogP) is 17.8. The zero-order valence-electron chi connectivity index (χ0n) is 34.3. The van der Waals surface area contributed by atoms with Crippen molar-refractivity contribution in [3.05, 3.63) is 237 Å². The minimum Gasteiger partial charge on any atom is -0.455 e. The highest BCUT2D eigenvalue weighted by molar-refractivity contribution is 7.25. The monoisotopic (exact) mass is 821 g/mol. The molecule has 0 radical (unpaired) electrons. The van der Waals surface area contributed by atoms with Gasteiger partial charge in [-0.3, -0.25) is 0 Å². The molecule has 0 aliphatic carbocycles. The number of benzene rings is 10. The molecule has 0 saturated carbocycles. The average Bonchev–Trinajstić information content (AvgIpc) is 3.93. The third-order valence-corrected chi connectivity index (χ3v) is 13.4. The third-order valence-electron chi connectivity index (χ3n) is 12.2. The number of furan rings is 1. The van der Waals surface area contributed by atoms with Gasteiger partial charge in [0.2, 0.25) is 0 Å². The van der Waals surface area contributed by atoms with Crippen molar-refractivity contribution in [3.63, 3.8) is 0 Å².